The lowest BCUT2D eigenvalue weighted by molar-refractivity contribution is -0.140. The number of ether oxygens (including phenoxy) is 1. The van der Waals surface area contributed by atoms with E-state index in [1.165, 1.54) is 0 Å². The molecule has 0 amide bonds. The molecule has 0 bridgehead atoms. The zero-order chi connectivity index (χ0) is 13.9. The van der Waals surface area contributed by atoms with Crippen LogP contribution in [-0.2, 0) is 16.1 Å². The van der Waals surface area contributed by atoms with Gasteiger partial charge >= 0.3 is 5.97 Å². The van der Waals surface area contributed by atoms with Crippen LogP contribution in [0.3, 0.4) is 0 Å². The summed E-state index contributed by atoms with van der Waals surface area (Å²) in [4.78, 5) is 11.1. The Morgan fingerprint density at radius 1 is 1.50 bits per heavy atom. The molecule has 1 unspecified atom stereocenters. The minimum Gasteiger partial charge on any atom is -0.461 e. The minimum atomic E-state index is -0.108. The smallest absolute Gasteiger partial charge is 0.306 e. The van der Waals surface area contributed by atoms with Gasteiger partial charge in [-0.15, -0.1) is 10.2 Å². The standard InChI is InChI=1S/C13H15N3O3S/c1-2-16-12(10-4-3-7-18-10)14-15-13(16)20-8-9-5-6-11(17)19-9/h3-4,7,9H,2,5-6,8H2,1H3. The second-order valence-corrected chi connectivity index (χ2v) is 5.48. The van der Waals surface area contributed by atoms with Crippen molar-refractivity contribution in [3.05, 3.63) is 18.4 Å². The summed E-state index contributed by atoms with van der Waals surface area (Å²) in [6, 6.07) is 3.69. The summed E-state index contributed by atoms with van der Waals surface area (Å²) in [5.74, 6) is 2.04. The third-order valence-electron chi connectivity index (χ3n) is 3.14. The number of esters is 1. The molecule has 0 aromatic carbocycles. The second-order valence-electron chi connectivity index (χ2n) is 4.49. The molecule has 20 heavy (non-hydrogen) atoms. The molecule has 1 aliphatic rings. The molecule has 1 fully saturated rings. The third kappa shape index (κ3) is 2.58. The van der Waals surface area contributed by atoms with Crippen LogP contribution in [0.15, 0.2) is 28.0 Å². The summed E-state index contributed by atoms with van der Waals surface area (Å²) < 4.78 is 12.6. The van der Waals surface area contributed by atoms with E-state index in [2.05, 4.69) is 10.2 Å². The summed E-state index contributed by atoms with van der Waals surface area (Å²) in [7, 11) is 0. The summed E-state index contributed by atoms with van der Waals surface area (Å²) >= 11 is 1.56. The number of carbonyl (C=O) groups is 1. The molecule has 7 heteroatoms. The van der Waals surface area contributed by atoms with Crippen LogP contribution >= 0.6 is 11.8 Å². The maximum atomic E-state index is 11.1. The van der Waals surface area contributed by atoms with E-state index >= 15 is 0 Å². The molecule has 1 saturated heterocycles. The fraction of sp³-hybridized carbons (Fsp3) is 0.462. The van der Waals surface area contributed by atoms with Gasteiger partial charge in [0.2, 0.25) is 0 Å². The highest BCUT2D eigenvalue weighted by Gasteiger charge is 2.24. The largest absolute Gasteiger partial charge is 0.461 e. The minimum absolute atomic E-state index is 0.0124. The van der Waals surface area contributed by atoms with Crippen LogP contribution in [0.1, 0.15) is 19.8 Å². The van der Waals surface area contributed by atoms with Crippen LogP contribution in [-0.4, -0.2) is 32.6 Å². The molecular weight excluding hydrogens is 278 g/mol. The Labute approximate surface area is 120 Å². The van der Waals surface area contributed by atoms with Gasteiger partial charge in [-0.3, -0.25) is 9.36 Å². The number of aromatic nitrogens is 3. The molecule has 0 spiro atoms. The molecule has 1 atom stereocenters. The topological polar surface area (TPSA) is 70.2 Å². The number of thioether (sulfide) groups is 1. The molecule has 1 aliphatic heterocycles. The quantitative estimate of drug-likeness (QED) is 0.622. The van der Waals surface area contributed by atoms with E-state index in [4.69, 9.17) is 9.15 Å². The van der Waals surface area contributed by atoms with Crippen molar-refractivity contribution in [1.29, 1.82) is 0 Å². The van der Waals surface area contributed by atoms with Gasteiger partial charge in [0.1, 0.15) is 6.10 Å². The molecule has 0 radical (unpaired) electrons. The van der Waals surface area contributed by atoms with Gasteiger partial charge in [-0.1, -0.05) is 11.8 Å². The third-order valence-corrected chi connectivity index (χ3v) is 4.24. The highest BCUT2D eigenvalue weighted by molar-refractivity contribution is 7.99. The van der Waals surface area contributed by atoms with Crippen LogP contribution in [0.4, 0.5) is 0 Å². The van der Waals surface area contributed by atoms with Crippen molar-refractivity contribution in [2.24, 2.45) is 0 Å². The van der Waals surface area contributed by atoms with Gasteiger partial charge in [0.15, 0.2) is 16.7 Å². The fourth-order valence-corrected chi connectivity index (χ4v) is 3.18. The average molecular weight is 293 g/mol. The summed E-state index contributed by atoms with van der Waals surface area (Å²) in [6.07, 6.45) is 2.91. The van der Waals surface area contributed by atoms with Gasteiger partial charge in [-0.05, 0) is 25.5 Å². The normalized spacial score (nSPS) is 18.4. The lowest BCUT2D eigenvalue weighted by Gasteiger charge is -2.09. The van der Waals surface area contributed by atoms with E-state index in [-0.39, 0.29) is 12.1 Å². The maximum Gasteiger partial charge on any atom is 0.306 e. The first-order valence-electron chi connectivity index (χ1n) is 6.57. The van der Waals surface area contributed by atoms with Crippen LogP contribution < -0.4 is 0 Å². The Hall–Kier alpha value is -1.76. The Morgan fingerprint density at radius 2 is 2.40 bits per heavy atom. The van der Waals surface area contributed by atoms with Crippen molar-refractivity contribution >= 4 is 17.7 Å². The molecule has 0 aliphatic carbocycles. The monoisotopic (exact) mass is 293 g/mol. The fourth-order valence-electron chi connectivity index (χ4n) is 2.14. The first kappa shape index (κ1) is 13.2. The zero-order valence-corrected chi connectivity index (χ0v) is 11.9. The number of rotatable bonds is 5. The predicted octanol–water partition coefficient (Wildman–Crippen LogP) is 2.36. The molecule has 3 heterocycles. The number of furan rings is 1. The van der Waals surface area contributed by atoms with Crippen LogP contribution in [0.5, 0.6) is 0 Å². The number of hydrogen-bond donors (Lipinski definition) is 0. The SMILES string of the molecule is CCn1c(SCC2CCC(=O)O2)nnc1-c1ccco1. The average Bonchev–Trinajstić information content (AvgIpc) is 3.16. The van der Waals surface area contributed by atoms with Crippen molar-refractivity contribution in [3.8, 4) is 11.6 Å². The second kappa shape index (κ2) is 5.70. The first-order valence-corrected chi connectivity index (χ1v) is 7.56. The van der Waals surface area contributed by atoms with Crippen molar-refractivity contribution in [2.75, 3.05) is 5.75 Å². The van der Waals surface area contributed by atoms with E-state index in [9.17, 15) is 4.79 Å². The van der Waals surface area contributed by atoms with Gasteiger partial charge in [-0.2, -0.15) is 0 Å². The summed E-state index contributed by atoms with van der Waals surface area (Å²) in [5.41, 5.74) is 0. The molecule has 6 nitrogen and oxygen atoms in total. The predicted molar refractivity (Wildman–Crippen MR) is 73.2 cm³/mol. The van der Waals surface area contributed by atoms with Gasteiger partial charge in [0.05, 0.1) is 6.26 Å². The van der Waals surface area contributed by atoms with E-state index in [1.807, 2.05) is 23.6 Å². The number of cyclic esters (lactones) is 1. The van der Waals surface area contributed by atoms with E-state index in [0.717, 1.165) is 23.9 Å². The Morgan fingerprint density at radius 3 is 3.05 bits per heavy atom. The van der Waals surface area contributed by atoms with Crippen LogP contribution in [0.25, 0.3) is 11.6 Å². The molecule has 0 N–H and O–H groups in total. The number of carbonyl (C=O) groups excluding carboxylic acids is 1. The molecule has 2 aromatic rings. The summed E-state index contributed by atoms with van der Waals surface area (Å²) in [5, 5.41) is 9.20. The maximum absolute atomic E-state index is 11.1. The lowest BCUT2D eigenvalue weighted by Crippen LogP contribution is -2.10. The van der Waals surface area contributed by atoms with Gasteiger partial charge in [-0.25, -0.2) is 0 Å². The molecule has 3 rings (SSSR count). The highest BCUT2D eigenvalue weighted by Crippen LogP contribution is 2.27. The number of nitrogens with zero attached hydrogens (tertiary/aromatic N) is 3. The lowest BCUT2D eigenvalue weighted by atomic mass is 10.3. The van der Waals surface area contributed by atoms with Gasteiger partial charge < -0.3 is 9.15 Å². The van der Waals surface area contributed by atoms with Crippen molar-refractivity contribution in [2.45, 2.75) is 37.6 Å². The van der Waals surface area contributed by atoms with Gasteiger partial charge in [0.25, 0.3) is 0 Å². The zero-order valence-electron chi connectivity index (χ0n) is 11.1. The summed E-state index contributed by atoms with van der Waals surface area (Å²) in [6.45, 7) is 2.80. The van der Waals surface area contributed by atoms with Crippen LogP contribution in [0.2, 0.25) is 0 Å². The molecule has 2 aromatic heterocycles. The van der Waals surface area contributed by atoms with Crippen molar-refractivity contribution < 1.29 is 13.9 Å². The van der Waals surface area contributed by atoms with Gasteiger partial charge in [0, 0.05) is 18.7 Å². The van der Waals surface area contributed by atoms with Crippen LogP contribution in [0, 0.1) is 0 Å². The van der Waals surface area contributed by atoms with Crippen molar-refractivity contribution in [3.63, 3.8) is 0 Å². The van der Waals surface area contributed by atoms with E-state index in [1.54, 1.807) is 18.0 Å². The number of hydrogen-bond acceptors (Lipinski definition) is 6. The molecular formula is C13H15N3O3S. The Bertz CT molecular complexity index is 594. The Balaban J connectivity index is 1.72. The van der Waals surface area contributed by atoms with E-state index in [0.29, 0.717) is 17.9 Å². The first-order chi connectivity index (χ1) is 9.78. The van der Waals surface area contributed by atoms with E-state index < -0.39 is 0 Å². The highest BCUT2D eigenvalue weighted by atomic mass is 32.2. The molecule has 106 valence electrons. The molecule has 0 saturated carbocycles. The van der Waals surface area contributed by atoms with Crippen molar-refractivity contribution in [1.82, 2.24) is 14.8 Å². The Kier molecular flexibility index (Phi) is 3.77.